The molecule has 9 nitrogen and oxygen atoms in total. The van der Waals surface area contributed by atoms with Crippen LogP contribution in [-0.4, -0.2) is 142 Å². The van der Waals surface area contributed by atoms with Crippen molar-refractivity contribution in [1.29, 1.82) is 0 Å². The summed E-state index contributed by atoms with van der Waals surface area (Å²) in [7, 11) is 1.71. The molecular weight excluding hydrogens is 819 g/mol. The fraction of sp³-hybridized carbons (Fsp3) is 0.947. The minimum absolute atomic E-state index is 0.245. The van der Waals surface area contributed by atoms with Crippen LogP contribution in [0.25, 0.3) is 0 Å². The summed E-state index contributed by atoms with van der Waals surface area (Å²) in [6.07, 6.45) is 45.2. The standard InChI is InChI=1S/C36H72N4O2.C17H35NO.C4H10O/c1-4-7-10-13-16-19-22-25-37(26-23-20-17-14-11-8-5-2)28-29-38(27-24-21-18-15-12-9-6-3)34-36(42)40-32-30-39(35-41)31-33-40;1-3-5-6-7-8-9-12-15-18(4-2)16-13-10-11-14-17-19;1-3-4-5-2/h35H,4-34H2,1-3H3;17H,3-16H2,1-2H3;3-4H2,1-2H3. The van der Waals surface area contributed by atoms with Gasteiger partial charge in [0.2, 0.25) is 12.3 Å². The number of carbonyl (C=O) groups excluding carboxylic acids is 3. The van der Waals surface area contributed by atoms with Gasteiger partial charge in [-0.1, -0.05) is 202 Å². The van der Waals surface area contributed by atoms with Gasteiger partial charge in [0.25, 0.3) is 0 Å². The van der Waals surface area contributed by atoms with Crippen molar-refractivity contribution in [3.63, 3.8) is 0 Å². The maximum absolute atomic E-state index is 13.3. The number of hydrogen-bond donors (Lipinski definition) is 0. The fourth-order valence-corrected chi connectivity index (χ4v) is 8.80. The van der Waals surface area contributed by atoms with Crippen LogP contribution < -0.4 is 0 Å². The van der Waals surface area contributed by atoms with Gasteiger partial charge in [-0.2, -0.15) is 0 Å². The Bertz CT molecular complexity index is 945. The van der Waals surface area contributed by atoms with E-state index < -0.39 is 0 Å². The summed E-state index contributed by atoms with van der Waals surface area (Å²) < 4.78 is 4.69. The number of rotatable bonds is 47. The molecule has 2 amide bonds. The van der Waals surface area contributed by atoms with Crippen molar-refractivity contribution in [2.24, 2.45) is 0 Å². The minimum atomic E-state index is 0.245. The zero-order valence-corrected chi connectivity index (χ0v) is 45.8. The van der Waals surface area contributed by atoms with Crippen molar-refractivity contribution in [3.8, 4) is 0 Å². The second-order valence-corrected chi connectivity index (χ2v) is 19.6. The van der Waals surface area contributed by atoms with Crippen LogP contribution in [-0.2, 0) is 19.1 Å². The molecule has 9 heteroatoms. The van der Waals surface area contributed by atoms with Crippen LogP contribution in [0.3, 0.4) is 0 Å². The summed E-state index contributed by atoms with van der Waals surface area (Å²) in [5, 5.41) is 0. The maximum Gasteiger partial charge on any atom is 0.236 e. The van der Waals surface area contributed by atoms with Gasteiger partial charge >= 0.3 is 0 Å². The van der Waals surface area contributed by atoms with Gasteiger partial charge < -0.3 is 29.1 Å². The summed E-state index contributed by atoms with van der Waals surface area (Å²) in [5.41, 5.74) is 0. The first-order valence-corrected chi connectivity index (χ1v) is 29.0. The quantitative estimate of drug-likeness (QED) is 0.0444. The van der Waals surface area contributed by atoms with E-state index in [1.54, 1.807) is 12.0 Å². The highest BCUT2D eigenvalue weighted by Crippen LogP contribution is 2.13. The molecule has 0 aromatic carbocycles. The van der Waals surface area contributed by atoms with Crippen molar-refractivity contribution in [2.45, 2.75) is 253 Å². The summed E-state index contributed by atoms with van der Waals surface area (Å²) in [4.78, 5) is 46.1. The van der Waals surface area contributed by atoms with E-state index in [4.69, 9.17) is 4.74 Å². The number of methoxy groups -OCH3 is 1. The van der Waals surface area contributed by atoms with E-state index >= 15 is 0 Å². The van der Waals surface area contributed by atoms with Gasteiger partial charge in [-0.3, -0.25) is 14.5 Å². The van der Waals surface area contributed by atoms with Gasteiger partial charge in [0, 0.05) is 59.4 Å². The number of piperazine rings is 1. The first-order valence-electron chi connectivity index (χ1n) is 29.0. The molecule has 0 unspecified atom stereocenters. The fourth-order valence-electron chi connectivity index (χ4n) is 8.80. The summed E-state index contributed by atoms with van der Waals surface area (Å²) in [5.74, 6) is 0.245. The van der Waals surface area contributed by atoms with Crippen LogP contribution in [0.1, 0.15) is 253 Å². The lowest BCUT2D eigenvalue weighted by molar-refractivity contribution is -0.136. The molecule has 0 aliphatic carbocycles. The Balaban J connectivity index is 0. The molecule has 1 aliphatic rings. The number of ether oxygens (including phenoxy) is 1. The van der Waals surface area contributed by atoms with Crippen LogP contribution in [0.5, 0.6) is 0 Å². The number of nitrogens with zero attached hydrogens (tertiary/aromatic N) is 5. The van der Waals surface area contributed by atoms with Gasteiger partial charge in [-0.15, -0.1) is 0 Å². The van der Waals surface area contributed by atoms with Crippen molar-refractivity contribution in [2.75, 3.05) is 98.8 Å². The molecule has 0 radical (unpaired) electrons. The van der Waals surface area contributed by atoms with Gasteiger partial charge in [-0.05, 0) is 84.2 Å². The Morgan fingerprint density at radius 2 is 0.773 bits per heavy atom. The monoisotopic (exact) mass is 936 g/mol. The van der Waals surface area contributed by atoms with E-state index in [1.807, 2.05) is 4.90 Å². The predicted molar refractivity (Wildman–Crippen MR) is 288 cm³/mol. The number of carbonyl (C=O) groups is 3. The predicted octanol–water partition coefficient (Wildman–Crippen LogP) is 14.0. The molecular formula is C57H117N5O4. The third-order valence-corrected chi connectivity index (χ3v) is 13.4. The first kappa shape index (κ1) is 66.5. The molecule has 0 spiro atoms. The summed E-state index contributed by atoms with van der Waals surface area (Å²) in [6.45, 7) is 26.7. The molecule has 0 saturated carbocycles. The Hall–Kier alpha value is -1.55. The average Bonchev–Trinajstić information content (AvgIpc) is 3.33. The van der Waals surface area contributed by atoms with Crippen LogP contribution in [0.4, 0.5) is 0 Å². The van der Waals surface area contributed by atoms with Crippen molar-refractivity contribution in [1.82, 2.24) is 24.5 Å². The molecule has 0 N–H and O–H groups in total. The Morgan fingerprint density at radius 1 is 0.424 bits per heavy atom. The number of aldehydes is 1. The molecule has 394 valence electrons. The molecule has 0 aromatic heterocycles. The van der Waals surface area contributed by atoms with E-state index in [9.17, 15) is 14.4 Å². The minimum Gasteiger partial charge on any atom is -0.385 e. The molecule has 1 heterocycles. The normalized spacial score (nSPS) is 12.7. The Labute approximate surface area is 413 Å². The third kappa shape index (κ3) is 47.5. The molecule has 1 rings (SSSR count). The van der Waals surface area contributed by atoms with Crippen molar-refractivity contribution < 1.29 is 19.1 Å². The smallest absolute Gasteiger partial charge is 0.236 e. The molecule has 1 saturated heterocycles. The van der Waals surface area contributed by atoms with Crippen LogP contribution in [0, 0.1) is 0 Å². The third-order valence-electron chi connectivity index (χ3n) is 13.4. The lowest BCUT2D eigenvalue weighted by Crippen LogP contribution is -2.51. The topological polar surface area (TPSA) is 76.6 Å². The Morgan fingerprint density at radius 3 is 1.11 bits per heavy atom. The van der Waals surface area contributed by atoms with Gasteiger partial charge in [0.15, 0.2) is 0 Å². The van der Waals surface area contributed by atoms with Crippen molar-refractivity contribution in [3.05, 3.63) is 0 Å². The average molecular weight is 937 g/mol. The van der Waals surface area contributed by atoms with Crippen LogP contribution in [0.15, 0.2) is 0 Å². The van der Waals surface area contributed by atoms with Gasteiger partial charge in [0.1, 0.15) is 6.29 Å². The zero-order chi connectivity index (χ0) is 48.8. The number of hydrogen-bond acceptors (Lipinski definition) is 7. The number of unbranched alkanes of at least 4 members (excludes halogenated alkanes) is 27. The molecule has 66 heavy (non-hydrogen) atoms. The highest BCUT2D eigenvalue weighted by molar-refractivity contribution is 5.78. The molecule has 1 fully saturated rings. The largest absolute Gasteiger partial charge is 0.385 e. The molecule has 0 atom stereocenters. The van der Waals surface area contributed by atoms with E-state index in [-0.39, 0.29) is 5.91 Å². The number of amides is 2. The molecule has 0 bridgehead atoms. The van der Waals surface area contributed by atoms with Gasteiger partial charge in [0.05, 0.1) is 6.54 Å². The van der Waals surface area contributed by atoms with Gasteiger partial charge in [-0.25, -0.2) is 0 Å². The molecule has 1 aliphatic heterocycles. The zero-order valence-electron chi connectivity index (χ0n) is 45.8. The molecule has 0 aromatic rings. The highest BCUT2D eigenvalue weighted by Gasteiger charge is 2.22. The van der Waals surface area contributed by atoms with Crippen molar-refractivity contribution >= 4 is 18.6 Å². The second kappa shape index (κ2) is 56.0. The highest BCUT2D eigenvalue weighted by atomic mass is 16.5. The first-order chi connectivity index (χ1) is 32.4. The summed E-state index contributed by atoms with van der Waals surface area (Å²) in [6, 6.07) is 0. The second-order valence-electron chi connectivity index (χ2n) is 19.6. The van der Waals surface area contributed by atoms with Crippen LogP contribution >= 0.6 is 0 Å². The Kier molecular flexibility index (Phi) is 56.5. The lowest BCUT2D eigenvalue weighted by atomic mass is 10.1. The maximum atomic E-state index is 13.3. The van der Waals surface area contributed by atoms with E-state index in [1.165, 1.54) is 225 Å². The van der Waals surface area contributed by atoms with Crippen LogP contribution in [0.2, 0.25) is 0 Å². The van der Waals surface area contributed by atoms with E-state index in [0.29, 0.717) is 32.7 Å². The SMILES string of the molecule is CCCCCCCCCN(CC)CCCCCC=O.CCCCCCCCCN(CCCCCCCCC)CCN(CCCCCCCCC)CC(=O)N1CCN(C=O)CC1.CCCOC. The lowest BCUT2D eigenvalue weighted by Gasteiger charge is -2.34. The summed E-state index contributed by atoms with van der Waals surface area (Å²) >= 11 is 0. The van der Waals surface area contributed by atoms with E-state index in [0.717, 1.165) is 58.2 Å². The van der Waals surface area contributed by atoms with E-state index in [2.05, 4.69) is 56.2 Å².